The Morgan fingerprint density at radius 3 is 2.47 bits per heavy atom. The van der Waals surface area contributed by atoms with Crippen LogP contribution < -0.4 is 5.32 Å². The van der Waals surface area contributed by atoms with Crippen molar-refractivity contribution in [1.82, 2.24) is 5.32 Å². The third kappa shape index (κ3) is 8.46. The van der Waals surface area contributed by atoms with Crippen LogP contribution in [0.5, 0.6) is 0 Å². The first-order valence-electron chi connectivity index (χ1n) is 6.12. The summed E-state index contributed by atoms with van der Waals surface area (Å²) in [6.45, 7) is 8.41. The van der Waals surface area contributed by atoms with Gasteiger partial charge in [0.15, 0.2) is 0 Å². The molecule has 0 fully saturated rings. The molecule has 5 heteroatoms. The normalized spacial score (nSPS) is 14.7. The van der Waals surface area contributed by atoms with Crippen molar-refractivity contribution in [3.8, 4) is 0 Å². The van der Waals surface area contributed by atoms with Gasteiger partial charge in [-0.25, -0.2) is 0 Å². The van der Waals surface area contributed by atoms with Gasteiger partial charge < -0.3 is 15.2 Å². The molecule has 0 heterocycles. The SMILES string of the molecule is CCOC(=O)C(CSCC(C)CO)NC(C)C. The first kappa shape index (κ1) is 16.7. The highest BCUT2D eigenvalue weighted by Gasteiger charge is 2.20. The highest BCUT2D eigenvalue weighted by molar-refractivity contribution is 7.99. The molecule has 2 N–H and O–H groups in total. The van der Waals surface area contributed by atoms with E-state index in [-0.39, 0.29) is 30.6 Å². The topological polar surface area (TPSA) is 58.6 Å². The van der Waals surface area contributed by atoms with Gasteiger partial charge in [0.1, 0.15) is 6.04 Å². The van der Waals surface area contributed by atoms with Crippen LogP contribution in [0.25, 0.3) is 0 Å². The van der Waals surface area contributed by atoms with Crippen LogP contribution in [0.15, 0.2) is 0 Å². The Bertz CT molecular complexity index is 212. The molecule has 0 bridgehead atoms. The van der Waals surface area contributed by atoms with Gasteiger partial charge in [0.05, 0.1) is 6.61 Å². The molecule has 2 atom stereocenters. The van der Waals surface area contributed by atoms with Gasteiger partial charge in [0.2, 0.25) is 0 Å². The van der Waals surface area contributed by atoms with E-state index in [1.165, 1.54) is 0 Å². The maximum atomic E-state index is 11.7. The van der Waals surface area contributed by atoms with E-state index in [1.807, 2.05) is 27.7 Å². The minimum absolute atomic E-state index is 0.189. The van der Waals surface area contributed by atoms with E-state index in [0.29, 0.717) is 12.4 Å². The summed E-state index contributed by atoms with van der Waals surface area (Å²) >= 11 is 1.67. The number of thioether (sulfide) groups is 1. The van der Waals surface area contributed by atoms with Crippen molar-refractivity contribution in [3.05, 3.63) is 0 Å². The molecule has 0 saturated heterocycles. The second kappa shape index (κ2) is 9.74. The van der Waals surface area contributed by atoms with Gasteiger partial charge in [-0.3, -0.25) is 4.79 Å². The number of aliphatic hydroxyl groups excluding tert-OH is 1. The molecule has 0 rings (SSSR count). The molecule has 0 aromatic rings. The highest BCUT2D eigenvalue weighted by atomic mass is 32.2. The van der Waals surface area contributed by atoms with Gasteiger partial charge in [0.25, 0.3) is 0 Å². The van der Waals surface area contributed by atoms with Gasteiger partial charge >= 0.3 is 5.97 Å². The summed E-state index contributed by atoms with van der Waals surface area (Å²) in [5.41, 5.74) is 0. The second-order valence-corrected chi connectivity index (χ2v) is 5.53. The van der Waals surface area contributed by atoms with E-state index in [9.17, 15) is 4.79 Å². The van der Waals surface area contributed by atoms with E-state index in [0.717, 1.165) is 5.75 Å². The van der Waals surface area contributed by atoms with E-state index in [1.54, 1.807) is 11.8 Å². The molecule has 0 aliphatic rings. The fourth-order valence-corrected chi connectivity index (χ4v) is 2.38. The molecule has 102 valence electrons. The second-order valence-electron chi connectivity index (χ2n) is 4.45. The van der Waals surface area contributed by atoms with Crippen LogP contribution in [0.2, 0.25) is 0 Å². The van der Waals surface area contributed by atoms with E-state index < -0.39 is 0 Å². The smallest absolute Gasteiger partial charge is 0.323 e. The number of carbonyl (C=O) groups is 1. The molecular weight excluding hydrogens is 238 g/mol. The van der Waals surface area contributed by atoms with Gasteiger partial charge in [-0.15, -0.1) is 0 Å². The quantitative estimate of drug-likeness (QED) is 0.614. The van der Waals surface area contributed by atoms with Gasteiger partial charge in [-0.1, -0.05) is 20.8 Å². The summed E-state index contributed by atoms with van der Waals surface area (Å²) in [5, 5.41) is 12.1. The summed E-state index contributed by atoms with van der Waals surface area (Å²) in [6, 6.07) is -0.00823. The predicted octanol–water partition coefficient (Wildman–Crippen LogP) is 1.28. The van der Waals surface area contributed by atoms with Crippen molar-refractivity contribution in [2.24, 2.45) is 5.92 Å². The Balaban J connectivity index is 4.05. The van der Waals surface area contributed by atoms with Crippen LogP contribution in [-0.4, -0.2) is 47.9 Å². The van der Waals surface area contributed by atoms with E-state index >= 15 is 0 Å². The third-order valence-corrected chi connectivity index (χ3v) is 3.48. The van der Waals surface area contributed by atoms with Crippen LogP contribution in [-0.2, 0) is 9.53 Å². The zero-order valence-corrected chi connectivity index (χ0v) is 12.0. The lowest BCUT2D eigenvalue weighted by Crippen LogP contribution is -2.43. The minimum atomic E-state index is -0.258. The Morgan fingerprint density at radius 2 is 2.00 bits per heavy atom. The highest BCUT2D eigenvalue weighted by Crippen LogP contribution is 2.10. The van der Waals surface area contributed by atoms with Crippen LogP contribution >= 0.6 is 11.8 Å². The Hall–Kier alpha value is -0.260. The Kier molecular flexibility index (Phi) is 9.59. The number of ether oxygens (including phenoxy) is 1. The number of hydrogen-bond acceptors (Lipinski definition) is 5. The summed E-state index contributed by atoms with van der Waals surface area (Å²) < 4.78 is 5.02. The van der Waals surface area contributed by atoms with Gasteiger partial charge in [0, 0.05) is 18.4 Å². The maximum Gasteiger partial charge on any atom is 0.323 e. The average molecular weight is 263 g/mol. The lowest BCUT2D eigenvalue weighted by atomic mass is 10.2. The molecular formula is C12H25NO3S. The number of esters is 1. The molecule has 0 aliphatic heterocycles. The first-order chi connectivity index (χ1) is 8.01. The lowest BCUT2D eigenvalue weighted by molar-refractivity contribution is -0.145. The standard InChI is InChI=1S/C12H25NO3S/c1-5-16-12(15)11(13-9(2)3)8-17-7-10(4)6-14/h9-11,13-14H,5-8H2,1-4H3. The monoisotopic (exact) mass is 263 g/mol. The molecule has 4 nitrogen and oxygen atoms in total. The van der Waals surface area contributed by atoms with Crippen molar-refractivity contribution in [1.29, 1.82) is 0 Å². The molecule has 0 spiro atoms. The molecule has 0 radical (unpaired) electrons. The molecule has 2 unspecified atom stereocenters. The molecule has 17 heavy (non-hydrogen) atoms. The maximum absolute atomic E-state index is 11.7. The van der Waals surface area contributed by atoms with Crippen molar-refractivity contribution >= 4 is 17.7 Å². The van der Waals surface area contributed by atoms with Crippen molar-refractivity contribution < 1.29 is 14.6 Å². The van der Waals surface area contributed by atoms with Gasteiger partial charge in [-0.2, -0.15) is 11.8 Å². The van der Waals surface area contributed by atoms with Crippen LogP contribution in [0.4, 0.5) is 0 Å². The zero-order valence-electron chi connectivity index (χ0n) is 11.2. The zero-order chi connectivity index (χ0) is 13.3. The fourth-order valence-electron chi connectivity index (χ4n) is 1.27. The average Bonchev–Trinajstić information content (AvgIpc) is 2.27. The molecule has 0 aromatic carbocycles. The summed E-state index contributed by atoms with van der Waals surface area (Å²) in [5.74, 6) is 1.61. The third-order valence-electron chi connectivity index (χ3n) is 2.10. The summed E-state index contributed by atoms with van der Waals surface area (Å²) in [6.07, 6.45) is 0. The van der Waals surface area contributed by atoms with Crippen LogP contribution in [0.3, 0.4) is 0 Å². The lowest BCUT2D eigenvalue weighted by Gasteiger charge is -2.19. The molecule has 0 aromatic heterocycles. The van der Waals surface area contributed by atoms with Crippen LogP contribution in [0.1, 0.15) is 27.7 Å². The van der Waals surface area contributed by atoms with Crippen LogP contribution in [0, 0.1) is 5.92 Å². The summed E-state index contributed by atoms with van der Waals surface area (Å²) in [4.78, 5) is 11.7. The van der Waals surface area contributed by atoms with E-state index in [2.05, 4.69) is 5.32 Å². The van der Waals surface area contributed by atoms with E-state index in [4.69, 9.17) is 9.84 Å². The molecule has 0 amide bonds. The molecule has 0 aliphatic carbocycles. The number of carbonyl (C=O) groups excluding carboxylic acids is 1. The Labute approximate surface area is 108 Å². The number of hydrogen-bond donors (Lipinski definition) is 2. The van der Waals surface area contributed by atoms with Crippen molar-refractivity contribution in [3.63, 3.8) is 0 Å². The first-order valence-corrected chi connectivity index (χ1v) is 7.28. The molecule has 0 saturated carbocycles. The largest absolute Gasteiger partial charge is 0.465 e. The minimum Gasteiger partial charge on any atom is -0.465 e. The number of rotatable bonds is 9. The van der Waals surface area contributed by atoms with Gasteiger partial charge in [-0.05, 0) is 18.6 Å². The Morgan fingerprint density at radius 1 is 1.35 bits per heavy atom. The van der Waals surface area contributed by atoms with Crippen molar-refractivity contribution in [2.75, 3.05) is 24.7 Å². The number of aliphatic hydroxyl groups is 1. The summed E-state index contributed by atoms with van der Waals surface area (Å²) in [7, 11) is 0. The van der Waals surface area contributed by atoms with Crippen molar-refractivity contribution in [2.45, 2.75) is 39.8 Å². The number of nitrogens with one attached hydrogen (secondary N) is 1. The fraction of sp³-hybridized carbons (Fsp3) is 0.917. The predicted molar refractivity (Wildman–Crippen MR) is 72.3 cm³/mol.